The van der Waals surface area contributed by atoms with Gasteiger partial charge in [-0.3, -0.25) is 20.2 Å². The second-order valence-corrected chi connectivity index (χ2v) is 3.92. The van der Waals surface area contributed by atoms with Gasteiger partial charge in [-0.15, -0.1) is 0 Å². The van der Waals surface area contributed by atoms with Gasteiger partial charge in [0.25, 0.3) is 0 Å². The molecule has 2 rings (SSSR count). The van der Waals surface area contributed by atoms with Crippen molar-refractivity contribution in [3.63, 3.8) is 0 Å². The Balaban J connectivity index is 2.27. The predicted octanol–water partition coefficient (Wildman–Crippen LogP) is -0.831. The molecule has 0 saturated carbocycles. The lowest BCUT2D eigenvalue weighted by molar-refractivity contribution is -0.142. The number of rotatable bonds is 0. The van der Waals surface area contributed by atoms with Crippen LogP contribution in [0.25, 0.3) is 0 Å². The van der Waals surface area contributed by atoms with Crippen LogP contribution < -0.4 is 10.6 Å². The van der Waals surface area contributed by atoms with Crippen molar-refractivity contribution in [1.82, 2.24) is 10.6 Å². The molecular formula is C9H14N2O3. The van der Waals surface area contributed by atoms with Crippen LogP contribution in [0.15, 0.2) is 0 Å². The number of carbonyl (C=O) groups excluding carboxylic acids is 2. The summed E-state index contributed by atoms with van der Waals surface area (Å²) >= 11 is 0. The van der Waals surface area contributed by atoms with Crippen molar-refractivity contribution in [2.75, 3.05) is 6.61 Å². The Morgan fingerprint density at radius 3 is 2.71 bits per heavy atom. The van der Waals surface area contributed by atoms with E-state index in [0.29, 0.717) is 13.0 Å². The lowest BCUT2D eigenvalue weighted by Gasteiger charge is -2.38. The molecule has 0 aromatic carbocycles. The molecule has 2 aliphatic heterocycles. The molecule has 0 aromatic rings. The molecule has 3 atom stereocenters. The summed E-state index contributed by atoms with van der Waals surface area (Å²) in [4.78, 5) is 22.9. The highest BCUT2D eigenvalue weighted by Crippen LogP contribution is 2.28. The van der Waals surface area contributed by atoms with Crippen LogP contribution in [0.2, 0.25) is 0 Å². The molecule has 2 amide bonds. The van der Waals surface area contributed by atoms with Gasteiger partial charge in [0.1, 0.15) is 5.54 Å². The minimum atomic E-state index is -0.701. The zero-order valence-corrected chi connectivity index (χ0v) is 8.29. The van der Waals surface area contributed by atoms with Gasteiger partial charge in [0.05, 0.1) is 12.1 Å². The monoisotopic (exact) mass is 198 g/mol. The molecule has 78 valence electrons. The molecule has 0 radical (unpaired) electrons. The van der Waals surface area contributed by atoms with Crippen LogP contribution in [0.3, 0.4) is 0 Å². The largest absolute Gasteiger partial charge is 0.376 e. The highest BCUT2D eigenvalue weighted by Gasteiger charge is 2.52. The number of carbonyl (C=O) groups is 2. The zero-order chi connectivity index (χ0) is 10.3. The first kappa shape index (κ1) is 9.61. The summed E-state index contributed by atoms with van der Waals surface area (Å²) in [5, 5.41) is 5.43. The van der Waals surface area contributed by atoms with Gasteiger partial charge in [-0.1, -0.05) is 0 Å². The number of imide groups is 1. The topological polar surface area (TPSA) is 67.4 Å². The molecule has 2 aliphatic rings. The summed E-state index contributed by atoms with van der Waals surface area (Å²) in [6.07, 6.45) is 0.440. The van der Waals surface area contributed by atoms with E-state index in [-0.39, 0.29) is 24.0 Å². The smallest absolute Gasteiger partial charge is 0.249 e. The first-order chi connectivity index (χ1) is 6.56. The molecule has 3 unspecified atom stereocenters. The Morgan fingerprint density at radius 1 is 1.43 bits per heavy atom. The summed E-state index contributed by atoms with van der Waals surface area (Å²) in [6, 6.07) is -0.336. The number of nitrogens with one attached hydrogen (secondary N) is 2. The Bertz CT molecular complexity index is 292. The van der Waals surface area contributed by atoms with E-state index in [1.165, 1.54) is 0 Å². The van der Waals surface area contributed by atoms with Gasteiger partial charge < -0.3 is 4.74 Å². The molecule has 5 heteroatoms. The summed E-state index contributed by atoms with van der Waals surface area (Å²) in [5.74, 6) is -0.523. The van der Waals surface area contributed by atoms with Crippen molar-refractivity contribution >= 4 is 11.8 Å². The van der Waals surface area contributed by atoms with E-state index in [1.54, 1.807) is 6.92 Å². The lowest BCUT2D eigenvalue weighted by Crippen LogP contribution is -2.71. The maximum absolute atomic E-state index is 11.7. The summed E-state index contributed by atoms with van der Waals surface area (Å²) in [5.41, 5.74) is -0.701. The molecule has 2 saturated heterocycles. The Hall–Kier alpha value is -0.940. The normalized spacial score (nSPS) is 43.0. The fourth-order valence-corrected chi connectivity index (χ4v) is 2.08. The molecule has 2 fully saturated rings. The van der Waals surface area contributed by atoms with Crippen molar-refractivity contribution in [2.45, 2.75) is 38.0 Å². The standard InChI is InChI=1S/C9H14N2O3/c1-5-7(12)10-8(13)9(11-5)3-4-14-6(9)2/h5-6,11H,3-4H2,1-2H3,(H,10,12,13). The second kappa shape index (κ2) is 3.03. The minimum absolute atomic E-state index is 0.182. The Morgan fingerprint density at radius 2 is 2.14 bits per heavy atom. The summed E-state index contributed by atoms with van der Waals surface area (Å²) in [6.45, 7) is 4.15. The molecular weight excluding hydrogens is 184 g/mol. The Kier molecular flexibility index (Phi) is 2.08. The number of hydrogen-bond acceptors (Lipinski definition) is 4. The van der Waals surface area contributed by atoms with Gasteiger partial charge in [-0.25, -0.2) is 0 Å². The van der Waals surface area contributed by atoms with E-state index >= 15 is 0 Å². The molecule has 0 aliphatic carbocycles. The number of ether oxygens (including phenoxy) is 1. The first-order valence-corrected chi connectivity index (χ1v) is 4.81. The van der Waals surface area contributed by atoms with Crippen molar-refractivity contribution in [3.8, 4) is 0 Å². The van der Waals surface area contributed by atoms with Crippen LogP contribution in [-0.4, -0.2) is 36.1 Å². The zero-order valence-electron chi connectivity index (χ0n) is 8.29. The van der Waals surface area contributed by atoms with E-state index in [1.807, 2.05) is 6.92 Å². The van der Waals surface area contributed by atoms with Crippen molar-refractivity contribution in [1.29, 1.82) is 0 Å². The highest BCUT2D eigenvalue weighted by atomic mass is 16.5. The predicted molar refractivity (Wildman–Crippen MR) is 48.5 cm³/mol. The molecule has 0 bridgehead atoms. The lowest BCUT2D eigenvalue weighted by atomic mass is 9.87. The highest BCUT2D eigenvalue weighted by molar-refractivity contribution is 6.05. The van der Waals surface area contributed by atoms with Gasteiger partial charge in [0.2, 0.25) is 11.8 Å². The van der Waals surface area contributed by atoms with Crippen molar-refractivity contribution < 1.29 is 14.3 Å². The first-order valence-electron chi connectivity index (χ1n) is 4.81. The Labute approximate surface area is 82.2 Å². The molecule has 14 heavy (non-hydrogen) atoms. The van der Waals surface area contributed by atoms with Crippen LogP contribution in [0, 0.1) is 0 Å². The van der Waals surface area contributed by atoms with Gasteiger partial charge in [-0.05, 0) is 13.8 Å². The van der Waals surface area contributed by atoms with E-state index in [2.05, 4.69) is 10.6 Å². The second-order valence-electron chi connectivity index (χ2n) is 3.92. The number of piperazine rings is 1. The van der Waals surface area contributed by atoms with E-state index in [4.69, 9.17) is 4.74 Å². The van der Waals surface area contributed by atoms with Gasteiger partial charge in [-0.2, -0.15) is 0 Å². The molecule has 1 spiro atoms. The average molecular weight is 198 g/mol. The van der Waals surface area contributed by atoms with Crippen LogP contribution in [-0.2, 0) is 14.3 Å². The quantitative estimate of drug-likeness (QED) is 0.498. The summed E-state index contributed by atoms with van der Waals surface area (Å²) < 4.78 is 5.37. The van der Waals surface area contributed by atoms with Crippen LogP contribution in [0.5, 0.6) is 0 Å². The third kappa shape index (κ3) is 1.16. The van der Waals surface area contributed by atoms with Gasteiger partial charge in [0, 0.05) is 13.0 Å². The molecule has 2 heterocycles. The minimum Gasteiger partial charge on any atom is -0.376 e. The third-order valence-corrected chi connectivity index (χ3v) is 3.07. The van der Waals surface area contributed by atoms with Crippen LogP contribution in [0.1, 0.15) is 20.3 Å². The summed E-state index contributed by atoms with van der Waals surface area (Å²) in [7, 11) is 0. The van der Waals surface area contributed by atoms with E-state index < -0.39 is 5.54 Å². The molecule has 2 N–H and O–H groups in total. The molecule has 0 aromatic heterocycles. The van der Waals surface area contributed by atoms with Crippen molar-refractivity contribution in [3.05, 3.63) is 0 Å². The van der Waals surface area contributed by atoms with E-state index in [9.17, 15) is 9.59 Å². The fourth-order valence-electron chi connectivity index (χ4n) is 2.08. The van der Waals surface area contributed by atoms with Gasteiger partial charge >= 0.3 is 0 Å². The molecule has 5 nitrogen and oxygen atoms in total. The SMILES string of the molecule is CC1NC2(CCOC2C)C(=O)NC1=O. The van der Waals surface area contributed by atoms with Crippen LogP contribution in [0.4, 0.5) is 0 Å². The average Bonchev–Trinajstić information content (AvgIpc) is 2.46. The third-order valence-electron chi connectivity index (χ3n) is 3.07. The number of hydrogen-bond donors (Lipinski definition) is 2. The number of amides is 2. The maximum atomic E-state index is 11.7. The van der Waals surface area contributed by atoms with Crippen LogP contribution >= 0.6 is 0 Å². The van der Waals surface area contributed by atoms with Crippen molar-refractivity contribution in [2.24, 2.45) is 0 Å². The maximum Gasteiger partial charge on any atom is 0.249 e. The van der Waals surface area contributed by atoms with E-state index in [0.717, 1.165) is 0 Å². The fraction of sp³-hybridized carbons (Fsp3) is 0.778. The van der Waals surface area contributed by atoms with Gasteiger partial charge in [0.15, 0.2) is 0 Å².